The van der Waals surface area contributed by atoms with Crippen molar-refractivity contribution in [2.24, 2.45) is 17.8 Å². The SMILES string of the molecule is CO[C@@]1(CN2CCN3CCC(F)(F)C[C@@H]3C2)/C=C/C[C@H](C)[C@@H](C)S(=O)(=O)NC(=O)c2ccc3c(c2)N(CCCCc2cc(Cl)ccc2CCO3)C[C@@H]2CC[C@H]21. The van der Waals surface area contributed by atoms with Crippen LogP contribution >= 0.6 is 11.6 Å². The average Bonchev–Trinajstić information content (AvgIpc) is 3.12. The normalized spacial score (nSPS) is 32.5. The number of rotatable bonds is 3. The third-order valence-electron chi connectivity index (χ3n) is 13.3. The molecule has 1 saturated carbocycles. The van der Waals surface area contributed by atoms with Gasteiger partial charge in [0.2, 0.25) is 10.0 Å². The number of amides is 1. The molecule has 2 bridgehead atoms. The number of carbonyl (C=O) groups excluding carboxylic acids is 1. The number of piperazine rings is 1. The Balaban J connectivity index is 1.23. The zero-order valence-electron chi connectivity index (χ0n) is 32.5. The summed E-state index contributed by atoms with van der Waals surface area (Å²) in [5.41, 5.74) is 2.77. The minimum Gasteiger partial charge on any atom is -0.491 e. The Kier molecular flexibility index (Phi) is 12.2. The number of ether oxygens (including phenoxy) is 2. The molecule has 0 spiro atoms. The molecule has 0 aromatic heterocycles. The highest BCUT2D eigenvalue weighted by atomic mass is 35.5. The molecule has 2 aromatic carbocycles. The molecule has 9 nitrogen and oxygen atoms in total. The van der Waals surface area contributed by atoms with Gasteiger partial charge in [-0.3, -0.25) is 14.6 Å². The highest BCUT2D eigenvalue weighted by molar-refractivity contribution is 7.90. The van der Waals surface area contributed by atoms with Crippen molar-refractivity contribution in [3.63, 3.8) is 0 Å². The summed E-state index contributed by atoms with van der Waals surface area (Å²) in [4.78, 5) is 20.5. The lowest BCUT2D eigenvalue weighted by Crippen LogP contribution is -2.62. The lowest BCUT2D eigenvalue weighted by molar-refractivity contribution is -0.119. The van der Waals surface area contributed by atoms with Crippen LogP contribution in [0, 0.1) is 17.8 Å². The number of halogens is 3. The van der Waals surface area contributed by atoms with Gasteiger partial charge in [0.15, 0.2) is 0 Å². The largest absolute Gasteiger partial charge is 0.491 e. The lowest BCUT2D eigenvalue weighted by atomic mass is 9.63. The molecule has 1 N–H and O–H groups in total. The summed E-state index contributed by atoms with van der Waals surface area (Å²) in [7, 11) is -2.26. The number of fused-ring (bicyclic) bond motifs is 4. The molecule has 0 unspecified atom stereocenters. The van der Waals surface area contributed by atoms with Crippen LogP contribution < -0.4 is 14.4 Å². The first kappa shape index (κ1) is 40.4. The van der Waals surface area contributed by atoms with Crippen LogP contribution in [-0.2, 0) is 27.6 Å². The molecule has 4 heterocycles. The quantitative estimate of drug-likeness (QED) is 0.333. The van der Waals surface area contributed by atoms with Crippen LogP contribution in [0.5, 0.6) is 5.75 Å². The second-order valence-corrected chi connectivity index (χ2v) is 19.2. The van der Waals surface area contributed by atoms with Crippen LogP contribution in [0.2, 0.25) is 5.02 Å². The molecule has 55 heavy (non-hydrogen) atoms. The summed E-state index contributed by atoms with van der Waals surface area (Å²) >= 11 is 6.41. The van der Waals surface area contributed by atoms with Gasteiger partial charge in [0.1, 0.15) is 11.4 Å². The molecule has 6 atom stereocenters. The number of hydrogen-bond acceptors (Lipinski definition) is 8. The van der Waals surface area contributed by atoms with Crippen LogP contribution in [-0.4, -0.2) is 106 Å². The Morgan fingerprint density at radius 1 is 1.00 bits per heavy atom. The van der Waals surface area contributed by atoms with E-state index < -0.39 is 32.7 Å². The first-order valence-electron chi connectivity index (χ1n) is 20.2. The van der Waals surface area contributed by atoms with Gasteiger partial charge in [-0.1, -0.05) is 36.7 Å². The molecule has 5 aliphatic rings. The van der Waals surface area contributed by atoms with Crippen LogP contribution in [0.3, 0.4) is 0 Å². The minimum atomic E-state index is -4.01. The smallest absolute Gasteiger partial charge is 0.264 e. The number of nitrogens with zero attached hydrogens (tertiary/aromatic N) is 3. The summed E-state index contributed by atoms with van der Waals surface area (Å²) in [5, 5.41) is -0.120. The van der Waals surface area contributed by atoms with E-state index in [-0.39, 0.29) is 42.2 Å². The number of methoxy groups -OCH3 is 1. The maximum atomic E-state index is 14.6. The standard InChI is InChI=1S/C42H57ClF2N4O5S/c1-29-7-6-16-41(53-3,28-47-20-21-48-19-17-42(44,45)25-36(48)27-47)37-13-10-34(37)26-49-18-5-4-8-32-23-35(43)12-9-31(32)15-22-54-39-14-11-33(24-38(39)49)40(50)46-55(51,52)30(29)2/h6,9,11-12,14,16,23-24,29-30,34,36-37H,4-5,7-8,10,13,15,17-22,25-28H2,1-3H3,(H,46,50)/b16-6+/t29-,30+,34-,36+,37+,41+/m0/s1. The van der Waals surface area contributed by atoms with E-state index in [0.29, 0.717) is 57.9 Å². The summed E-state index contributed by atoms with van der Waals surface area (Å²) in [5.74, 6) is -2.57. The van der Waals surface area contributed by atoms with E-state index in [4.69, 9.17) is 21.1 Å². The van der Waals surface area contributed by atoms with Crippen molar-refractivity contribution in [1.82, 2.24) is 14.5 Å². The van der Waals surface area contributed by atoms with Crippen molar-refractivity contribution >= 4 is 33.2 Å². The van der Waals surface area contributed by atoms with Gasteiger partial charge in [-0.2, -0.15) is 0 Å². The predicted octanol–water partition coefficient (Wildman–Crippen LogP) is 6.98. The van der Waals surface area contributed by atoms with Gasteiger partial charge in [0, 0.05) is 88.8 Å². The monoisotopic (exact) mass is 802 g/mol. The Labute approximate surface area is 330 Å². The number of alkyl halides is 2. The highest BCUT2D eigenvalue weighted by Gasteiger charge is 2.50. The summed E-state index contributed by atoms with van der Waals surface area (Å²) in [6, 6.07) is 11.1. The second kappa shape index (κ2) is 16.6. The Hall–Kier alpha value is -2.77. The van der Waals surface area contributed by atoms with Crippen molar-refractivity contribution < 1.29 is 31.5 Å². The fraction of sp³-hybridized carbons (Fsp3) is 0.643. The Bertz CT molecular complexity index is 1850. The van der Waals surface area contributed by atoms with Crippen molar-refractivity contribution in [3.8, 4) is 5.75 Å². The van der Waals surface area contributed by atoms with E-state index >= 15 is 0 Å². The molecular weight excluding hydrogens is 746 g/mol. The average molecular weight is 803 g/mol. The number of aryl methyl sites for hydroxylation is 1. The lowest BCUT2D eigenvalue weighted by Gasteiger charge is -2.53. The Morgan fingerprint density at radius 2 is 1.84 bits per heavy atom. The number of carbonyl (C=O) groups is 1. The van der Waals surface area contributed by atoms with Gasteiger partial charge in [-0.15, -0.1) is 0 Å². The summed E-state index contributed by atoms with van der Waals surface area (Å²) in [6.45, 7) is 8.44. The molecule has 302 valence electrons. The van der Waals surface area contributed by atoms with Crippen LogP contribution in [0.4, 0.5) is 14.5 Å². The molecule has 3 fully saturated rings. The zero-order chi connectivity index (χ0) is 39.0. The van der Waals surface area contributed by atoms with Crippen molar-refractivity contribution in [2.75, 3.05) is 64.4 Å². The predicted molar refractivity (Wildman–Crippen MR) is 213 cm³/mol. The first-order valence-corrected chi connectivity index (χ1v) is 22.1. The van der Waals surface area contributed by atoms with Crippen LogP contribution in [0.1, 0.15) is 80.3 Å². The maximum absolute atomic E-state index is 14.6. The fourth-order valence-electron chi connectivity index (χ4n) is 9.54. The number of hydrogen-bond donors (Lipinski definition) is 1. The molecule has 0 radical (unpaired) electrons. The van der Waals surface area contributed by atoms with E-state index in [1.54, 1.807) is 32.2 Å². The Morgan fingerprint density at radius 3 is 2.62 bits per heavy atom. The van der Waals surface area contributed by atoms with E-state index in [2.05, 4.69) is 37.6 Å². The van der Waals surface area contributed by atoms with E-state index in [1.165, 1.54) is 11.1 Å². The van der Waals surface area contributed by atoms with E-state index in [9.17, 15) is 22.0 Å². The number of benzene rings is 2. The zero-order valence-corrected chi connectivity index (χ0v) is 34.0. The maximum Gasteiger partial charge on any atom is 0.264 e. The molecule has 13 heteroatoms. The van der Waals surface area contributed by atoms with Gasteiger partial charge < -0.3 is 14.4 Å². The van der Waals surface area contributed by atoms with Crippen molar-refractivity contribution in [3.05, 3.63) is 70.3 Å². The summed E-state index contributed by atoms with van der Waals surface area (Å²) in [6.07, 6.45) is 9.80. The molecule has 7 rings (SSSR count). The van der Waals surface area contributed by atoms with Gasteiger partial charge in [-0.25, -0.2) is 21.9 Å². The van der Waals surface area contributed by atoms with Gasteiger partial charge >= 0.3 is 0 Å². The number of piperidine rings is 1. The van der Waals surface area contributed by atoms with Gasteiger partial charge in [0.05, 0.1) is 17.5 Å². The third-order valence-corrected chi connectivity index (χ3v) is 15.4. The van der Waals surface area contributed by atoms with Crippen LogP contribution in [0.15, 0.2) is 48.6 Å². The third kappa shape index (κ3) is 9.03. The topological polar surface area (TPSA) is 91.4 Å². The summed E-state index contributed by atoms with van der Waals surface area (Å²) < 4.78 is 71.8. The molecule has 4 aliphatic heterocycles. The number of anilines is 1. The minimum absolute atomic E-state index is 0.0815. The molecule has 1 amide bonds. The van der Waals surface area contributed by atoms with Crippen molar-refractivity contribution in [1.29, 1.82) is 0 Å². The first-order chi connectivity index (χ1) is 26.3. The number of nitrogens with one attached hydrogen (secondary N) is 1. The number of allylic oxidation sites excluding steroid dienone is 1. The molecular formula is C42H57ClF2N4O5S. The molecule has 2 aromatic rings. The van der Waals surface area contributed by atoms with Crippen LogP contribution in [0.25, 0.3) is 0 Å². The van der Waals surface area contributed by atoms with E-state index in [1.807, 2.05) is 19.1 Å². The van der Waals surface area contributed by atoms with Crippen molar-refractivity contribution in [2.45, 2.75) is 94.5 Å². The molecule has 2 saturated heterocycles. The number of sulfonamides is 1. The molecule has 1 aliphatic carbocycles. The van der Waals surface area contributed by atoms with Gasteiger partial charge in [-0.05, 0) is 105 Å². The van der Waals surface area contributed by atoms with Gasteiger partial charge in [0.25, 0.3) is 11.8 Å². The second-order valence-electron chi connectivity index (χ2n) is 16.7. The highest BCUT2D eigenvalue weighted by Crippen LogP contribution is 2.47. The fourth-order valence-corrected chi connectivity index (χ4v) is 11.0. The van der Waals surface area contributed by atoms with E-state index in [0.717, 1.165) is 55.9 Å².